The molecule has 0 saturated carbocycles. The molecule has 0 fully saturated rings. The van der Waals surface area contributed by atoms with Gasteiger partial charge in [0, 0.05) is 47.8 Å². The Balaban J connectivity index is 1.71. The first-order valence-electron chi connectivity index (χ1n) is 9.18. The molecule has 1 atom stereocenters. The summed E-state index contributed by atoms with van der Waals surface area (Å²) in [5, 5.41) is 7.54. The number of carbonyl (C=O) groups is 1. The molecule has 0 bridgehead atoms. The first-order valence-corrected chi connectivity index (χ1v) is 10.4. The number of hydrogen-bond donors (Lipinski definition) is 1. The van der Waals surface area contributed by atoms with Gasteiger partial charge < -0.3 is 10.2 Å². The van der Waals surface area contributed by atoms with Gasteiger partial charge in [0.15, 0.2) is 0 Å². The molecule has 1 unspecified atom stereocenters. The number of amides is 1. The fourth-order valence-electron chi connectivity index (χ4n) is 3.27. The summed E-state index contributed by atoms with van der Waals surface area (Å²) >= 11 is 7.70. The van der Waals surface area contributed by atoms with Crippen molar-refractivity contribution in [2.45, 2.75) is 6.04 Å². The topological polar surface area (TPSA) is 45.2 Å². The smallest absolute Gasteiger partial charge is 0.254 e. The quantitative estimate of drug-likeness (QED) is 0.460. The highest BCUT2D eigenvalue weighted by molar-refractivity contribution is 7.10. The van der Waals surface area contributed by atoms with E-state index in [1.54, 1.807) is 12.4 Å². The fourth-order valence-corrected chi connectivity index (χ4v) is 4.43. The van der Waals surface area contributed by atoms with E-state index >= 15 is 0 Å². The minimum atomic E-state index is -0.296. The molecule has 6 heteroatoms. The first-order chi connectivity index (χ1) is 14.0. The molecule has 1 N–H and O–H groups in total. The van der Waals surface area contributed by atoms with Gasteiger partial charge in [0.25, 0.3) is 5.91 Å². The number of aromatic nitrogens is 1. The highest BCUT2D eigenvalue weighted by Gasteiger charge is 2.21. The molecule has 29 heavy (non-hydrogen) atoms. The van der Waals surface area contributed by atoms with Crippen LogP contribution in [-0.2, 0) is 0 Å². The number of rotatable bonds is 5. The van der Waals surface area contributed by atoms with E-state index in [1.165, 1.54) is 11.3 Å². The van der Waals surface area contributed by atoms with Crippen LogP contribution in [0.4, 0.5) is 5.69 Å². The standard InChI is InChI=1S/C23H20ClN3OS/c1-27(2)18-9-7-15(8-10-18)22(21-11-17(24)14-29-21)26-23(28)20-13-25-12-16-5-3-4-6-19(16)20/h3-14,22H,1-2H3,(H,26,28). The molecule has 2 aromatic carbocycles. The molecular weight excluding hydrogens is 402 g/mol. The van der Waals surface area contributed by atoms with Crippen molar-refractivity contribution in [3.8, 4) is 0 Å². The second-order valence-corrected chi connectivity index (χ2v) is 8.35. The molecule has 2 heterocycles. The molecule has 0 saturated heterocycles. The third kappa shape index (κ3) is 4.11. The lowest BCUT2D eigenvalue weighted by Crippen LogP contribution is -2.29. The lowest BCUT2D eigenvalue weighted by atomic mass is 10.0. The molecule has 4 rings (SSSR count). The van der Waals surface area contributed by atoms with Crippen LogP contribution in [0.5, 0.6) is 0 Å². The van der Waals surface area contributed by atoms with Crippen molar-refractivity contribution in [3.05, 3.63) is 93.4 Å². The molecule has 2 aromatic heterocycles. The molecule has 0 spiro atoms. The molecule has 0 aliphatic carbocycles. The van der Waals surface area contributed by atoms with Crippen molar-refractivity contribution in [3.63, 3.8) is 0 Å². The maximum atomic E-state index is 13.2. The predicted molar refractivity (Wildman–Crippen MR) is 121 cm³/mol. The van der Waals surface area contributed by atoms with Crippen LogP contribution in [0.3, 0.4) is 0 Å². The Bertz CT molecular complexity index is 1150. The number of nitrogens with zero attached hydrogens (tertiary/aromatic N) is 2. The minimum absolute atomic E-state index is 0.166. The van der Waals surface area contributed by atoms with Crippen molar-refractivity contribution in [2.24, 2.45) is 0 Å². The maximum absolute atomic E-state index is 13.2. The van der Waals surface area contributed by atoms with Crippen LogP contribution in [0, 0.1) is 0 Å². The van der Waals surface area contributed by atoms with Gasteiger partial charge in [0.1, 0.15) is 0 Å². The maximum Gasteiger partial charge on any atom is 0.254 e. The zero-order valence-corrected chi connectivity index (χ0v) is 17.7. The van der Waals surface area contributed by atoms with E-state index in [1.807, 2.05) is 79.0 Å². The van der Waals surface area contributed by atoms with Crippen LogP contribution in [0.15, 0.2) is 72.4 Å². The Kier molecular flexibility index (Phi) is 5.51. The molecule has 4 nitrogen and oxygen atoms in total. The number of halogens is 1. The molecule has 0 radical (unpaired) electrons. The van der Waals surface area contributed by atoms with Crippen molar-refractivity contribution in [2.75, 3.05) is 19.0 Å². The summed E-state index contributed by atoms with van der Waals surface area (Å²) in [6.45, 7) is 0. The van der Waals surface area contributed by atoms with E-state index in [0.717, 1.165) is 26.9 Å². The van der Waals surface area contributed by atoms with E-state index in [2.05, 4.69) is 10.3 Å². The van der Waals surface area contributed by atoms with Crippen LogP contribution in [-0.4, -0.2) is 25.0 Å². The third-order valence-electron chi connectivity index (χ3n) is 4.80. The summed E-state index contributed by atoms with van der Waals surface area (Å²) in [6, 6.07) is 17.5. The number of thiophene rings is 1. The van der Waals surface area contributed by atoms with Gasteiger partial charge in [0.05, 0.1) is 16.6 Å². The van der Waals surface area contributed by atoms with Gasteiger partial charge >= 0.3 is 0 Å². The average molecular weight is 422 g/mol. The molecule has 0 aliphatic heterocycles. The van der Waals surface area contributed by atoms with Crippen molar-refractivity contribution in [1.29, 1.82) is 0 Å². The summed E-state index contributed by atoms with van der Waals surface area (Å²) in [5.74, 6) is -0.166. The summed E-state index contributed by atoms with van der Waals surface area (Å²) in [4.78, 5) is 20.5. The van der Waals surface area contributed by atoms with Gasteiger partial charge in [0.2, 0.25) is 0 Å². The first kappa shape index (κ1) is 19.4. The SMILES string of the molecule is CN(C)c1ccc(C(NC(=O)c2cncc3ccccc23)c2cc(Cl)cs2)cc1. The van der Waals surface area contributed by atoms with Crippen LogP contribution in [0.2, 0.25) is 5.02 Å². The van der Waals surface area contributed by atoms with Gasteiger partial charge in [-0.2, -0.15) is 0 Å². The average Bonchev–Trinajstić information content (AvgIpc) is 3.17. The lowest BCUT2D eigenvalue weighted by molar-refractivity contribution is 0.0945. The molecular formula is C23H20ClN3OS. The van der Waals surface area contributed by atoms with E-state index in [-0.39, 0.29) is 11.9 Å². The van der Waals surface area contributed by atoms with Crippen molar-refractivity contribution in [1.82, 2.24) is 10.3 Å². The highest BCUT2D eigenvalue weighted by atomic mass is 35.5. The van der Waals surface area contributed by atoms with Gasteiger partial charge in [-0.25, -0.2) is 0 Å². The number of fused-ring (bicyclic) bond motifs is 1. The monoisotopic (exact) mass is 421 g/mol. The third-order valence-corrected chi connectivity index (χ3v) is 6.15. The van der Waals surface area contributed by atoms with E-state index < -0.39 is 0 Å². The molecule has 0 aliphatic rings. The Morgan fingerprint density at radius 3 is 2.55 bits per heavy atom. The fraction of sp³-hybridized carbons (Fsp3) is 0.130. The van der Waals surface area contributed by atoms with Gasteiger partial charge in [-0.15, -0.1) is 11.3 Å². The zero-order valence-electron chi connectivity index (χ0n) is 16.1. The highest BCUT2D eigenvalue weighted by Crippen LogP contribution is 2.31. The van der Waals surface area contributed by atoms with Gasteiger partial charge in [-0.3, -0.25) is 9.78 Å². The lowest BCUT2D eigenvalue weighted by Gasteiger charge is -2.20. The summed E-state index contributed by atoms with van der Waals surface area (Å²) < 4.78 is 0. The number of benzene rings is 2. The summed E-state index contributed by atoms with van der Waals surface area (Å²) in [6.07, 6.45) is 3.38. The Labute approximate surface area is 178 Å². The second-order valence-electron chi connectivity index (χ2n) is 6.97. The number of pyridine rings is 1. The van der Waals surface area contributed by atoms with Crippen LogP contribution in [0.25, 0.3) is 10.8 Å². The van der Waals surface area contributed by atoms with Crippen molar-refractivity contribution < 1.29 is 4.79 Å². The normalized spacial score (nSPS) is 12.0. The van der Waals surface area contributed by atoms with Crippen LogP contribution >= 0.6 is 22.9 Å². The number of hydrogen-bond acceptors (Lipinski definition) is 4. The van der Waals surface area contributed by atoms with Gasteiger partial charge in [-0.1, -0.05) is 48.0 Å². The Morgan fingerprint density at radius 2 is 1.86 bits per heavy atom. The minimum Gasteiger partial charge on any atom is -0.378 e. The Morgan fingerprint density at radius 1 is 1.10 bits per heavy atom. The number of anilines is 1. The summed E-state index contributed by atoms with van der Waals surface area (Å²) in [7, 11) is 4.00. The largest absolute Gasteiger partial charge is 0.378 e. The molecule has 146 valence electrons. The summed E-state index contributed by atoms with van der Waals surface area (Å²) in [5.41, 5.74) is 2.65. The number of nitrogens with one attached hydrogen (secondary N) is 1. The Hall–Kier alpha value is -2.89. The van der Waals surface area contributed by atoms with E-state index in [0.29, 0.717) is 10.6 Å². The molecule has 1 amide bonds. The van der Waals surface area contributed by atoms with E-state index in [9.17, 15) is 4.79 Å². The van der Waals surface area contributed by atoms with Crippen molar-refractivity contribution >= 4 is 45.3 Å². The van der Waals surface area contributed by atoms with Gasteiger partial charge in [-0.05, 0) is 29.1 Å². The number of carbonyl (C=O) groups excluding carboxylic acids is 1. The molecule has 4 aromatic rings. The van der Waals surface area contributed by atoms with Crippen LogP contribution in [0.1, 0.15) is 26.8 Å². The van der Waals surface area contributed by atoms with Crippen LogP contribution < -0.4 is 10.2 Å². The predicted octanol–water partition coefficient (Wildman–Crippen LogP) is 5.54. The van der Waals surface area contributed by atoms with E-state index in [4.69, 9.17) is 11.6 Å². The zero-order chi connectivity index (χ0) is 20.4. The second kappa shape index (κ2) is 8.23.